The number of nitrogens with one attached hydrogen (secondary N) is 2. The molecule has 0 unspecified atom stereocenters. The van der Waals surface area contributed by atoms with E-state index in [0.717, 1.165) is 37.8 Å². The van der Waals surface area contributed by atoms with Crippen molar-refractivity contribution in [2.24, 2.45) is 0 Å². The molecule has 188 valence electrons. The minimum absolute atomic E-state index is 0.0190. The largest absolute Gasteiger partial charge is 0.481 e. The summed E-state index contributed by atoms with van der Waals surface area (Å²) in [5.41, 5.74) is 1.49. The minimum Gasteiger partial charge on any atom is -0.481 e. The number of amides is 1. The van der Waals surface area contributed by atoms with E-state index in [0.29, 0.717) is 48.3 Å². The number of carbonyl (C=O) groups is 1. The van der Waals surface area contributed by atoms with Crippen molar-refractivity contribution < 1.29 is 19.0 Å². The Kier molecular flexibility index (Phi) is 5.60. The third-order valence-corrected chi connectivity index (χ3v) is 7.61. The van der Waals surface area contributed by atoms with E-state index in [2.05, 4.69) is 25.6 Å². The van der Waals surface area contributed by atoms with Crippen LogP contribution in [0.1, 0.15) is 37.8 Å². The van der Waals surface area contributed by atoms with Crippen molar-refractivity contribution in [3.63, 3.8) is 0 Å². The molecule has 3 aromatic rings. The molecule has 3 aliphatic heterocycles. The van der Waals surface area contributed by atoms with Crippen molar-refractivity contribution in [3.05, 3.63) is 46.5 Å². The molecule has 1 saturated carbocycles. The van der Waals surface area contributed by atoms with E-state index < -0.39 is 0 Å². The van der Waals surface area contributed by atoms with Crippen LogP contribution in [0.5, 0.6) is 11.6 Å². The van der Waals surface area contributed by atoms with Gasteiger partial charge in [-0.3, -0.25) is 14.2 Å². The first kappa shape index (κ1) is 22.9. The number of ether oxygens (including phenoxy) is 3. The van der Waals surface area contributed by atoms with Gasteiger partial charge < -0.3 is 24.8 Å². The second kappa shape index (κ2) is 8.82. The van der Waals surface area contributed by atoms with Gasteiger partial charge in [0, 0.05) is 24.7 Å². The van der Waals surface area contributed by atoms with Crippen molar-refractivity contribution >= 4 is 22.9 Å². The Morgan fingerprint density at radius 2 is 2.00 bits per heavy atom. The lowest BCUT2D eigenvalue weighted by Gasteiger charge is -2.53. The van der Waals surface area contributed by atoms with Crippen molar-refractivity contribution in [1.82, 2.24) is 24.8 Å². The number of methoxy groups -OCH3 is 1. The van der Waals surface area contributed by atoms with Crippen LogP contribution in [0.2, 0.25) is 0 Å². The summed E-state index contributed by atoms with van der Waals surface area (Å²) in [5.74, 6) is 1.32. The van der Waals surface area contributed by atoms with E-state index in [1.165, 1.54) is 6.20 Å². The van der Waals surface area contributed by atoms with Gasteiger partial charge in [0.1, 0.15) is 5.52 Å². The average Bonchev–Trinajstić information content (AvgIpc) is 2.92. The third-order valence-electron chi connectivity index (χ3n) is 7.61. The van der Waals surface area contributed by atoms with Crippen LogP contribution in [0.3, 0.4) is 0 Å². The number of aryl methyl sites for hydroxylation is 1. The molecular weight excluding hydrogens is 464 g/mol. The Hall–Kier alpha value is -3.57. The first-order valence-corrected chi connectivity index (χ1v) is 12.2. The highest BCUT2D eigenvalue weighted by molar-refractivity contribution is 5.94. The summed E-state index contributed by atoms with van der Waals surface area (Å²) in [4.78, 5) is 37.4. The summed E-state index contributed by atoms with van der Waals surface area (Å²) in [6.07, 6.45) is 5.86. The molecule has 3 aromatic heterocycles. The van der Waals surface area contributed by atoms with Crippen molar-refractivity contribution in [2.75, 3.05) is 25.6 Å². The highest BCUT2D eigenvalue weighted by Gasteiger charge is 2.49. The molecule has 11 heteroatoms. The number of nitrogens with zero attached hydrogens (tertiary/aromatic N) is 4. The van der Waals surface area contributed by atoms with E-state index in [1.54, 1.807) is 17.7 Å². The molecule has 7 rings (SSSR count). The second-order valence-corrected chi connectivity index (χ2v) is 9.79. The highest BCUT2D eigenvalue weighted by Crippen LogP contribution is 2.45. The van der Waals surface area contributed by atoms with Crippen LogP contribution in [-0.4, -0.2) is 56.9 Å². The molecule has 1 aliphatic carbocycles. The van der Waals surface area contributed by atoms with Gasteiger partial charge in [-0.15, -0.1) is 0 Å². The maximum Gasteiger partial charge on any atom is 0.270 e. The molecule has 11 nitrogen and oxygen atoms in total. The fourth-order valence-corrected chi connectivity index (χ4v) is 5.36. The smallest absolute Gasteiger partial charge is 0.270 e. The summed E-state index contributed by atoms with van der Waals surface area (Å²) < 4.78 is 18.7. The molecular formula is C25H28N6O5. The molecule has 1 amide bonds. The van der Waals surface area contributed by atoms with Crippen LogP contribution in [-0.2, 0) is 22.6 Å². The van der Waals surface area contributed by atoms with E-state index in [4.69, 9.17) is 14.2 Å². The van der Waals surface area contributed by atoms with E-state index in [9.17, 15) is 9.59 Å². The van der Waals surface area contributed by atoms with Crippen LogP contribution in [0.25, 0.3) is 11.2 Å². The van der Waals surface area contributed by atoms with Crippen LogP contribution < -0.4 is 25.7 Å². The van der Waals surface area contributed by atoms with Gasteiger partial charge in [0.15, 0.2) is 23.8 Å². The first-order chi connectivity index (χ1) is 17.5. The Balaban J connectivity index is 1.10. The number of anilines is 1. The zero-order chi connectivity index (χ0) is 24.8. The van der Waals surface area contributed by atoms with Gasteiger partial charge >= 0.3 is 0 Å². The van der Waals surface area contributed by atoms with Crippen molar-refractivity contribution in [2.45, 2.75) is 56.3 Å². The molecule has 0 atom stereocenters. The van der Waals surface area contributed by atoms with Gasteiger partial charge in [0.2, 0.25) is 5.88 Å². The third kappa shape index (κ3) is 4.18. The molecule has 0 aromatic carbocycles. The summed E-state index contributed by atoms with van der Waals surface area (Å²) in [5, 5.41) is 6.42. The van der Waals surface area contributed by atoms with Gasteiger partial charge in [-0.05, 0) is 50.3 Å². The number of aromatic nitrogens is 4. The minimum atomic E-state index is -0.247. The van der Waals surface area contributed by atoms with E-state index in [-0.39, 0.29) is 29.2 Å². The summed E-state index contributed by atoms with van der Waals surface area (Å²) in [6, 6.07) is 7.31. The number of carbonyl (C=O) groups excluding carboxylic acids is 1. The number of fused-ring (bicyclic) bond motifs is 5. The molecule has 3 fully saturated rings. The van der Waals surface area contributed by atoms with Crippen LogP contribution >= 0.6 is 0 Å². The highest BCUT2D eigenvalue weighted by atomic mass is 16.5. The van der Waals surface area contributed by atoms with Gasteiger partial charge in [0.05, 0.1) is 31.2 Å². The standard InChI is InChI=1S/C25H28N6O5/c1-34-20-5-3-17-23(30-20)31(21(33)13-26-17)11-10-25-8-6-24(7-9-25,15-36-25)27-12-16-2-4-18-22(28-16)29-19(32)14-35-18/h2-5,13,27H,6-12,14-15H2,1H3,(H,28,29,32). The van der Waals surface area contributed by atoms with Gasteiger partial charge in [0.25, 0.3) is 11.5 Å². The molecule has 0 spiro atoms. The topological polar surface area (TPSA) is 129 Å². The molecule has 4 aliphatic rings. The Labute approximate surface area is 207 Å². The number of hydrogen-bond donors (Lipinski definition) is 2. The van der Waals surface area contributed by atoms with Crippen molar-refractivity contribution in [1.29, 1.82) is 0 Å². The molecule has 2 saturated heterocycles. The monoisotopic (exact) mass is 492 g/mol. The lowest BCUT2D eigenvalue weighted by molar-refractivity contribution is -0.167. The Morgan fingerprint density at radius 3 is 2.78 bits per heavy atom. The zero-order valence-electron chi connectivity index (χ0n) is 20.1. The first-order valence-electron chi connectivity index (χ1n) is 12.2. The summed E-state index contributed by atoms with van der Waals surface area (Å²) >= 11 is 0. The number of rotatable bonds is 7. The van der Waals surface area contributed by atoms with Crippen molar-refractivity contribution in [3.8, 4) is 11.6 Å². The molecule has 2 N–H and O–H groups in total. The lowest BCUT2D eigenvalue weighted by Crippen LogP contribution is -2.61. The van der Waals surface area contributed by atoms with Crippen LogP contribution in [0.15, 0.2) is 35.3 Å². The predicted molar refractivity (Wildman–Crippen MR) is 130 cm³/mol. The van der Waals surface area contributed by atoms with Gasteiger partial charge in [-0.25, -0.2) is 9.97 Å². The number of pyridine rings is 2. The van der Waals surface area contributed by atoms with E-state index in [1.807, 2.05) is 18.2 Å². The number of hydrogen-bond acceptors (Lipinski definition) is 9. The second-order valence-electron chi connectivity index (χ2n) is 9.79. The Morgan fingerprint density at radius 1 is 1.14 bits per heavy atom. The van der Waals surface area contributed by atoms with Gasteiger partial charge in [-0.1, -0.05) is 0 Å². The average molecular weight is 493 g/mol. The fourth-order valence-electron chi connectivity index (χ4n) is 5.36. The normalized spacial score (nSPS) is 24.8. The molecule has 36 heavy (non-hydrogen) atoms. The van der Waals surface area contributed by atoms with Gasteiger partial charge in [-0.2, -0.15) is 4.98 Å². The maximum absolute atomic E-state index is 12.6. The Bertz CT molecular complexity index is 1360. The predicted octanol–water partition coefficient (Wildman–Crippen LogP) is 1.79. The maximum atomic E-state index is 12.6. The van der Waals surface area contributed by atoms with Crippen LogP contribution in [0, 0.1) is 0 Å². The quantitative estimate of drug-likeness (QED) is 0.507. The van der Waals surface area contributed by atoms with E-state index >= 15 is 0 Å². The SMILES string of the molecule is COc1ccc2ncc(=O)n(CCC34CCC(NCc5ccc6c(n5)NC(=O)CO6)(CC3)CO4)c2n1. The molecule has 0 radical (unpaired) electrons. The summed E-state index contributed by atoms with van der Waals surface area (Å²) in [6.45, 7) is 1.71. The molecule has 6 heterocycles. The molecule has 2 bridgehead atoms. The van der Waals surface area contributed by atoms with Crippen LogP contribution in [0.4, 0.5) is 5.82 Å². The fraction of sp³-hybridized carbons (Fsp3) is 0.480. The zero-order valence-corrected chi connectivity index (χ0v) is 20.1. The summed E-state index contributed by atoms with van der Waals surface area (Å²) in [7, 11) is 1.55. The lowest BCUT2D eigenvalue weighted by atomic mass is 9.70.